The Morgan fingerprint density at radius 1 is 0.905 bits per heavy atom. The molecule has 0 radical (unpaired) electrons. The minimum absolute atomic E-state index is 0.287. The molecule has 1 N–H and O–H groups in total. The zero-order valence-corrected chi connectivity index (χ0v) is 14.4. The molecule has 1 rings (SSSR count). The van der Waals surface area contributed by atoms with Gasteiger partial charge in [0.1, 0.15) is 5.75 Å². The van der Waals surface area contributed by atoms with E-state index in [0.29, 0.717) is 0 Å². The molecule has 0 heterocycles. The highest BCUT2D eigenvalue weighted by molar-refractivity contribution is 5.27. The summed E-state index contributed by atoms with van der Waals surface area (Å²) in [6.07, 6.45) is 7.17. The molecular weight excluding hydrogens is 258 g/mol. The second kappa shape index (κ2) is 9.83. The number of hydrogen-bond donors (Lipinski definition) is 1. The zero-order valence-electron chi connectivity index (χ0n) is 14.4. The number of nitrogens with one attached hydrogen (secondary N) is 1. The van der Waals surface area contributed by atoms with E-state index < -0.39 is 0 Å². The summed E-state index contributed by atoms with van der Waals surface area (Å²) in [6, 6.07) is 8.53. The van der Waals surface area contributed by atoms with Crippen LogP contribution in [0.2, 0.25) is 0 Å². The Morgan fingerprint density at radius 3 is 2.05 bits per heavy atom. The normalized spacial score (nSPS) is 11.6. The molecule has 1 aromatic rings. The molecule has 0 bridgehead atoms. The Kier molecular flexibility index (Phi) is 8.44. The van der Waals surface area contributed by atoms with Crippen LogP contribution in [-0.4, -0.2) is 12.1 Å². The number of hydrogen-bond acceptors (Lipinski definition) is 2. The van der Waals surface area contributed by atoms with Gasteiger partial charge in [0.15, 0.2) is 0 Å². The van der Waals surface area contributed by atoms with Crippen LogP contribution in [0.1, 0.15) is 71.8 Å². The number of benzene rings is 1. The fraction of sp³-hybridized carbons (Fsp3) is 0.684. The van der Waals surface area contributed by atoms with Crippen LogP contribution in [0.5, 0.6) is 5.75 Å². The second-order valence-electron chi connectivity index (χ2n) is 5.89. The van der Waals surface area contributed by atoms with Gasteiger partial charge in [-0.05, 0) is 43.4 Å². The third-order valence-electron chi connectivity index (χ3n) is 4.64. The van der Waals surface area contributed by atoms with Gasteiger partial charge in [-0.1, -0.05) is 52.7 Å². The topological polar surface area (TPSA) is 21.3 Å². The molecule has 2 nitrogen and oxygen atoms in total. The molecule has 1 aromatic carbocycles. The Balaban J connectivity index is 2.43. The van der Waals surface area contributed by atoms with Gasteiger partial charge >= 0.3 is 0 Å². The first-order valence-electron chi connectivity index (χ1n) is 8.66. The first kappa shape index (κ1) is 18.0. The van der Waals surface area contributed by atoms with E-state index >= 15 is 0 Å². The summed E-state index contributed by atoms with van der Waals surface area (Å²) < 4.78 is 5.75. The minimum Gasteiger partial charge on any atom is -0.494 e. The van der Waals surface area contributed by atoms with Crippen molar-refractivity contribution >= 4 is 0 Å². The molecule has 0 atom stereocenters. The lowest BCUT2D eigenvalue weighted by atomic mass is 9.89. The molecule has 0 spiro atoms. The average molecular weight is 291 g/mol. The van der Waals surface area contributed by atoms with Crippen molar-refractivity contribution in [1.82, 2.24) is 5.32 Å². The second-order valence-corrected chi connectivity index (χ2v) is 5.89. The Morgan fingerprint density at radius 2 is 1.52 bits per heavy atom. The van der Waals surface area contributed by atoms with Crippen LogP contribution in [-0.2, 0) is 6.54 Å². The molecule has 0 aliphatic rings. The number of ether oxygens (including phenoxy) is 1. The van der Waals surface area contributed by atoms with Gasteiger partial charge in [0.05, 0.1) is 6.61 Å². The molecule has 120 valence electrons. The minimum atomic E-state index is 0.287. The van der Waals surface area contributed by atoms with Gasteiger partial charge in [-0.2, -0.15) is 0 Å². The fourth-order valence-corrected chi connectivity index (χ4v) is 2.66. The fourth-order valence-electron chi connectivity index (χ4n) is 2.66. The number of unbranched alkanes of at least 4 members (excludes halogenated alkanes) is 2. The molecule has 0 fully saturated rings. The summed E-state index contributed by atoms with van der Waals surface area (Å²) in [5, 5.41) is 3.74. The summed E-state index contributed by atoms with van der Waals surface area (Å²) in [6.45, 7) is 10.8. The van der Waals surface area contributed by atoms with Gasteiger partial charge in [0.2, 0.25) is 0 Å². The van der Waals surface area contributed by atoms with Gasteiger partial charge in [0, 0.05) is 12.1 Å². The van der Waals surface area contributed by atoms with Gasteiger partial charge in [-0.3, -0.25) is 0 Å². The SMILES string of the molecule is CCCCCOc1ccc(CNC(CC)(CC)CC)cc1. The van der Waals surface area contributed by atoms with Crippen LogP contribution in [0.4, 0.5) is 0 Å². The predicted octanol–water partition coefficient (Wildman–Crippen LogP) is 5.31. The van der Waals surface area contributed by atoms with Gasteiger partial charge < -0.3 is 10.1 Å². The molecule has 0 unspecified atom stereocenters. The smallest absolute Gasteiger partial charge is 0.119 e. The zero-order chi connectivity index (χ0) is 15.6. The van der Waals surface area contributed by atoms with E-state index in [1.165, 1.54) is 37.7 Å². The molecule has 21 heavy (non-hydrogen) atoms. The third-order valence-corrected chi connectivity index (χ3v) is 4.64. The average Bonchev–Trinajstić information content (AvgIpc) is 2.55. The maximum Gasteiger partial charge on any atom is 0.119 e. The van der Waals surface area contributed by atoms with E-state index in [4.69, 9.17) is 4.74 Å². The van der Waals surface area contributed by atoms with Crippen molar-refractivity contribution in [3.8, 4) is 5.75 Å². The van der Waals surface area contributed by atoms with E-state index in [-0.39, 0.29) is 5.54 Å². The molecule has 2 heteroatoms. The maximum atomic E-state index is 5.75. The first-order valence-corrected chi connectivity index (χ1v) is 8.66. The molecule has 0 amide bonds. The maximum absolute atomic E-state index is 5.75. The van der Waals surface area contributed by atoms with E-state index in [9.17, 15) is 0 Å². The van der Waals surface area contributed by atoms with Crippen molar-refractivity contribution in [2.45, 2.75) is 78.3 Å². The summed E-state index contributed by atoms with van der Waals surface area (Å²) >= 11 is 0. The van der Waals surface area contributed by atoms with Crippen molar-refractivity contribution in [3.05, 3.63) is 29.8 Å². The van der Waals surface area contributed by atoms with E-state index in [1.807, 2.05) is 0 Å². The van der Waals surface area contributed by atoms with Crippen molar-refractivity contribution in [3.63, 3.8) is 0 Å². The van der Waals surface area contributed by atoms with Crippen LogP contribution in [0.25, 0.3) is 0 Å². The van der Waals surface area contributed by atoms with Crippen LogP contribution >= 0.6 is 0 Å². The van der Waals surface area contributed by atoms with E-state index in [0.717, 1.165) is 25.3 Å². The van der Waals surface area contributed by atoms with Crippen LogP contribution in [0.3, 0.4) is 0 Å². The van der Waals surface area contributed by atoms with Crippen molar-refractivity contribution in [1.29, 1.82) is 0 Å². The largest absolute Gasteiger partial charge is 0.494 e. The Labute approximate surface area is 131 Å². The molecule has 0 saturated carbocycles. The summed E-state index contributed by atoms with van der Waals surface area (Å²) in [5.41, 5.74) is 1.62. The van der Waals surface area contributed by atoms with E-state index in [1.54, 1.807) is 0 Å². The summed E-state index contributed by atoms with van der Waals surface area (Å²) in [4.78, 5) is 0. The van der Waals surface area contributed by atoms with Crippen molar-refractivity contribution < 1.29 is 4.74 Å². The van der Waals surface area contributed by atoms with Crippen LogP contribution in [0.15, 0.2) is 24.3 Å². The highest BCUT2D eigenvalue weighted by Gasteiger charge is 2.22. The summed E-state index contributed by atoms with van der Waals surface area (Å²) in [7, 11) is 0. The van der Waals surface area contributed by atoms with Crippen molar-refractivity contribution in [2.75, 3.05) is 6.61 Å². The standard InChI is InChI=1S/C19H33NO/c1-5-9-10-15-21-18-13-11-17(12-14-18)16-20-19(6-2,7-3)8-4/h11-14,20H,5-10,15-16H2,1-4H3. The quantitative estimate of drug-likeness (QED) is 0.558. The highest BCUT2D eigenvalue weighted by Crippen LogP contribution is 2.20. The molecule has 0 aliphatic carbocycles. The summed E-state index contributed by atoms with van der Waals surface area (Å²) in [5.74, 6) is 0.989. The molecular formula is C19H33NO. The number of rotatable bonds is 11. The van der Waals surface area contributed by atoms with Crippen LogP contribution in [0, 0.1) is 0 Å². The lowest BCUT2D eigenvalue weighted by Crippen LogP contribution is -2.43. The Bertz CT molecular complexity index is 359. The molecule has 0 saturated heterocycles. The first-order chi connectivity index (χ1) is 10.2. The van der Waals surface area contributed by atoms with Gasteiger partial charge in [0.25, 0.3) is 0 Å². The van der Waals surface area contributed by atoms with Gasteiger partial charge in [-0.15, -0.1) is 0 Å². The molecule has 0 aromatic heterocycles. The lowest BCUT2D eigenvalue weighted by molar-refractivity contribution is 0.287. The van der Waals surface area contributed by atoms with Gasteiger partial charge in [-0.25, -0.2) is 0 Å². The van der Waals surface area contributed by atoms with Crippen LogP contribution < -0.4 is 10.1 Å². The Hall–Kier alpha value is -1.02. The highest BCUT2D eigenvalue weighted by atomic mass is 16.5. The monoisotopic (exact) mass is 291 g/mol. The predicted molar refractivity (Wildman–Crippen MR) is 91.9 cm³/mol. The molecule has 0 aliphatic heterocycles. The third kappa shape index (κ3) is 6.09. The van der Waals surface area contributed by atoms with Crippen molar-refractivity contribution in [2.24, 2.45) is 0 Å². The van der Waals surface area contributed by atoms with E-state index in [2.05, 4.69) is 57.3 Å². The lowest BCUT2D eigenvalue weighted by Gasteiger charge is -2.32.